The number of carbonyl (C=O) groups is 2. The van der Waals surface area contributed by atoms with E-state index in [0.717, 1.165) is 11.8 Å². The molecule has 1 N–H and O–H groups in total. The Morgan fingerprint density at radius 3 is 2.84 bits per heavy atom. The van der Waals surface area contributed by atoms with Crippen molar-refractivity contribution in [3.05, 3.63) is 35.9 Å². The van der Waals surface area contributed by atoms with Crippen molar-refractivity contribution in [3.63, 3.8) is 0 Å². The highest BCUT2D eigenvalue weighted by atomic mass is 16.5. The van der Waals surface area contributed by atoms with Gasteiger partial charge in [0.2, 0.25) is 0 Å². The van der Waals surface area contributed by atoms with E-state index >= 15 is 0 Å². The maximum Gasteiger partial charge on any atom is 0.354 e. The second-order valence-electron chi connectivity index (χ2n) is 4.50. The molecule has 5 heteroatoms. The van der Waals surface area contributed by atoms with E-state index in [2.05, 4.69) is 10.5 Å². The molecule has 1 aliphatic heterocycles. The lowest BCUT2D eigenvalue weighted by Gasteiger charge is -2.21. The van der Waals surface area contributed by atoms with E-state index in [4.69, 9.17) is 4.74 Å². The van der Waals surface area contributed by atoms with Crippen LogP contribution >= 0.6 is 0 Å². The summed E-state index contributed by atoms with van der Waals surface area (Å²) in [5.74, 6) is -0.466. The minimum atomic E-state index is -0.844. The quantitative estimate of drug-likeness (QED) is 0.635. The van der Waals surface area contributed by atoms with Gasteiger partial charge in [-0.1, -0.05) is 30.3 Å². The molecule has 0 fully saturated rings. The number of ether oxygens (including phenoxy) is 1. The third-order valence-electron chi connectivity index (χ3n) is 3.00. The van der Waals surface area contributed by atoms with E-state index in [1.165, 1.54) is 0 Å². The zero-order valence-electron chi connectivity index (χ0n) is 10.8. The standard InChI is InChI=1S/C14H16N2O3/c1-2-19-13(18)12-9-14(10-17,16-15-12)8-11-6-4-3-5-7-11/h3-7,10,16H,2,8-9H2,1H3/t14-/m1/s1. The van der Waals surface area contributed by atoms with Crippen LogP contribution in [-0.2, 0) is 20.7 Å². The smallest absolute Gasteiger partial charge is 0.354 e. The summed E-state index contributed by atoms with van der Waals surface area (Å²) in [5.41, 5.74) is 3.22. The van der Waals surface area contributed by atoms with Gasteiger partial charge in [0.25, 0.3) is 0 Å². The molecule has 1 aromatic rings. The molecule has 5 nitrogen and oxygen atoms in total. The molecule has 1 heterocycles. The maximum atomic E-state index is 11.6. The van der Waals surface area contributed by atoms with Gasteiger partial charge in [0, 0.05) is 12.8 Å². The summed E-state index contributed by atoms with van der Waals surface area (Å²) in [6.07, 6.45) is 1.56. The van der Waals surface area contributed by atoms with Crippen LogP contribution in [0.3, 0.4) is 0 Å². The molecule has 0 saturated heterocycles. The zero-order valence-corrected chi connectivity index (χ0v) is 10.8. The van der Waals surface area contributed by atoms with E-state index < -0.39 is 11.5 Å². The summed E-state index contributed by atoms with van der Waals surface area (Å²) in [7, 11) is 0. The van der Waals surface area contributed by atoms with Gasteiger partial charge in [-0.05, 0) is 12.5 Å². The van der Waals surface area contributed by atoms with Gasteiger partial charge in [0.05, 0.1) is 6.61 Å². The fourth-order valence-electron chi connectivity index (χ4n) is 2.06. The topological polar surface area (TPSA) is 67.8 Å². The molecule has 0 aromatic heterocycles. The van der Waals surface area contributed by atoms with Crippen molar-refractivity contribution in [3.8, 4) is 0 Å². The number of nitrogens with zero attached hydrogens (tertiary/aromatic N) is 1. The first-order chi connectivity index (χ1) is 9.19. The molecule has 1 aliphatic rings. The Bertz CT molecular complexity index is 499. The largest absolute Gasteiger partial charge is 0.461 e. The number of esters is 1. The lowest BCUT2D eigenvalue weighted by molar-refractivity contribution is -0.135. The summed E-state index contributed by atoms with van der Waals surface area (Å²) < 4.78 is 4.89. The van der Waals surface area contributed by atoms with Gasteiger partial charge in [-0.25, -0.2) is 4.79 Å². The van der Waals surface area contributed by atoms with Gasteiger partial charge in [0.15, 0.2) is 0 Å². The Morgan fingerprint density at radius 1 is 1.47 bits per heavy atom. The Morgan fingerprint density at radius 2 is 2.21 bits per heavy atom. The van der Waals surface area contributed by atoms with E-state index in [9.17, 15) is 9.59 Å². The lowest BCUT2D eigenvalue weighted by atomic mass is 9.89. The van der Waals surface area contributed by atoms with Crippen molar-refractivity contribution < 1.29 is 14.3 Å². The van der Waals surface area contributed by atoms with Crippen molar-refractivity contribution >= 4 is 18.0 Å². The Hall–Kier alpha value is -2.17. The summed E-state index contributed by atoms with van der Waals surface area (Å²) in [6.45, 7) is 2.03. The first kappa shape index (κ1) is 13.3. The number of carbonyl (C=O) groups excluding carboxylic acids is 2. The van der Waals surface area contributed by atoms with Crippen LogP contribution in [0.1, 0.15) is 18.9 Å². The number of benzene rings is 1. The summed E-state index contributed by atoms with van der Waals surface area (Å²) >= 11 is 0. The van der Waals surface area contributed by atoms with Crippen molar-refractivity contribution in [2.45, 2.75) is 25.3 Å². The Kier molecular flexibility index (Phi) is 3.94. The molecule has 1 atom stereocenters. The molecule has 19 heavy (non-hydrogen) atoms. The third kappa shape index (κ3) is 2.99. The third-order valence-corrected chi connectivity index (χ3v) is 3.00. The van der Waals surface area contributed by atoms with Crippen LogP contribution in [0.2, 0.25) is 0 Å². The molecule has 0 radical (unpaired) electrons. The van der Waals surface area contributed by atoms with Crippen molar-refractivity contribution in [2.75, 3.05) is 6.61 Å². The predicted molar refractivity (Wildman–Crippen MR) is 70.8 cm³/mol. The van der Waals surface area contributed by atoms with Gasteiger partial charge in [-0.3, -0.25) is 5.43 Å². The van der Waals surface area contributed by atoms with Crippen molar-refractivity contribution in [1.82, 2.24) is 5.43 Å². The fraction of sp³-hybridized carbons (Fsp3) is 0.357. The highest BCUT2D eigenvalue weighted by Crippen LogP contribution is 2.21. The summed E-state index contributed by atoms with van der Waals surface area (Å²) in [5, 5.41) is 3.94. The fourth-order valence-corrected chi connectivity index (χ4v) is 2.06. The van der Waals surface area contributed by atoms with Gasteiger partial charge >= 0.3 is 5.97 Å². The molecular formula is C14H16N2O3. The molecule has 0 bridgehead atoms. The molecule has 0 spiro atoms. The van der Waals surface area contributed by atoms with Crippen LogP contribution in [0.25, 0.3) is 0 Å². The molecule has 0 saturated carbocycles. The SMILES string of the molecule is CCOC(=O)C1=NN[C@](C=O)(Cc2ccccc2)C1. The van der Waals surface area contributed by atoms with Crippen LogP contribution in [0.15, 0.2) is 35.4 Å². The van der Waals surface area contributed by atoms with Gasteiger partial charge < -0.3 is 9.53 Å². The number of aldehydes is 1. The van der Waals surface area contributed by atoms with E-state index in [1.807, 2.05) is 30.3 Å². The highest BCUT2D eigenvalue weighted by molar-refractivity contribution is 6.37. The number of hydrogen-bond acceptors (Lipinski definition) is 5. The summed E-state index contributed by atoms with van der Waals surface area (Å²) in [4.78, 5) is 23.0. The van der Waals surface area contributed by atoms with Gasteiger partial charge in [-0.2, -0.15) is 5.10 Å². The van der Waals surface area contributed by atoms with Crippen LogP contribution in [0.4, 0.5) is 0 Å². The molecule has 100 valence electrons. The normalized spacial score (nSPS) is 21.4. The number of rotatable bonds is 5. The highest BCUT2D eigenvalue weighted by Gasteiger charge is 2.38. The average Bonchev–Trinajstić information content (AvgIpc) is 2.85. The van der Waals surface area contributed by atoms with Crippen LogP contribution in [0.5, 0.6) is 0 Å². The lowest BCUT2D eigenvalue weighted by Crippen LogP contribution is -2.43. The average molecular weight is 260 g/mol. The molecule has 0 amide bonds. The number of hydrogen-bond donors (Lipinski definition) is 1. The Labute approximate surface area is 111 Å². The van der Waals surface area contributed by atoms with E-state index in [1.54, 1.807) is 6.92 Å². The minimum Gasteiger partial charge on any atom is -0.461 e. The van der Waals surface area contributed by atoms with Crippen LogP contribution in [0, 0.1) is 0 Å². The van der Waals surface area contributed by atoms with Crippen LogP contribution < -0.4 is 5.43 Å². The predicted octanol–water partition coefficient (Wildman–Crippen LogP) is 1.08. The molecular weight excluding hydrogens is 244 g/mol. The summed E-state index contributed by atoms with van der Waals surface area (Å²) in [6, 6.07) is 9.62. The van der Waals surface area contributed by atoms with Crippen molar-refractivity contribution in [1.29, 1.82) is 0 Å². The minimum absolute atomic E-state index is 0.254. The molecule has 0 unspecified atom stereocenters. The van der Waals surface area contributed by atoms with Crippen molar-refractivity contribution in [2.24, 2.45) is 5.10 Å². The number of nitrogens with one attached hydrogen (secondary N) is 1. The molecule has 0 aliphatic carbocycles. The first-order valence-electron chi connectivity index (χ1n) is 6.20. The van der Waals surface area contributed by atoms with Gasteiger partial charge in [0.1, 0.15) is 17.5 Å². The first-order valence-corrected chi connectivity index (χ1v) is 6.20. The molecule has 2 rings (SSSR count). The van der Waals surface area contributed by atoms with Gasteiger partial charge in [-0.15, -0.1) is 0 Å². The zero-order chi connectivity index (χ0) is 13.7. The Balaban J connectivity index is 2.07. The number of hydrazone groups is 1. The van der Waals surface area contributed by atoms with E-state index in [-0.39, 0.29) is 12.1 Å². The second-order valence-corrected chi connectivity index (χ2v) is 4.50. The van der Waals surface area contributed by atoms with E-state index in [0.29, 0.717) is 13.0 Å². The molecule has 1 aromatic carbocycles. The monoisotopic (exact) mass is 260 g/mol. The maximum absolute atomic E-state index is 11.6. The second kappa shape index (κ2) is 5.65. The van der Waals surface area contributed by atoms with Crippen LogP contribution in [-0.4, -0.2) is 30.1 Å².